The van der Waals surface area contributed by atoms with Crippen molar-refractivity contribution in [2.75, 3.05) is 0 Å². The first-order chi connectivity index (χ1) is 8.61. The highest BCUT2D eigenvalue weighted by molar-refractivity contribution is 7.80. The molecule has 1 aromatic rings. The molecule has 3 N–H and O–H groups in total. The zero-order valence-corrected chi connectivity index (χ0v) is 11.3. The highest BCUT2D eigenvalue weighted by Gasteiger charge is 2.17. The van der Waals surface area contributed by atoms with Crippen molar-refractivity contribution in [2.24, 2.45) is 5.73 Å². The summed E-state index contributed by atoms with van der Waals surface area (Å²) in [5, 5.41) is 2.87. The molecule has 0 saturated heterocycles. The summed E-state index contributed by atoms with van der Waals surface area (Å²) in [7, 11) is 0. The Balaban J connectivity index is 2.12. The molecule has 0 saturated carbocycles. The molecule has 4 heteroatoms. The van der Waals surface area contributed by atoms with Crippen molar-refractivity contribution in [3.63, 3.8) is 0 Å². The average molecular weight is 262 g/mol. The van der Waals surface area contributed by atoms with Gasteiger partial charge in [0.2, 0.25) is 0 Å². The number of hydrogen-bond donors (Lipinski definition) is 2. The van der Waals surface area contributed by atoms with Crippen LogP contribution in [0.4, 0.5) is 0 Å². The Bertz CT molecular complexity index is 485. The van der Waals surface area contributed by atoms with Crippen LogP contribution in [0.3, 0.4) is 0 Å². The van der Waals surface area contributed by atoms with Gasteiger partial charge in [-0.05, 0) is 48.9 Å². The van der Waals surface area contributed by atoms with Gasteiger partial charge in [0, 0.05) is 5.56 Å². The first kappa shape index (κ1) is 13.0. The van der Waals surface area contributed by atoms with Gasteiger partial charge in [0.25, 0.3) is 5.91 Å². The minimum atomic E-state index is -0.222. The Morgan fingerprint density at radius 3 is 2.83 bits per heavy atom. The fourth-order valence-corrected chi connectivity index (χ4v) is 2.55. The van der Waals surface area contributed by atoms with Crippen molar-refractivity contribution >= 4 is 23.1 Å². The lowest BCUT2D eigenvalue weighted by Gasteiger charge is -2.15. The van der Waals surface area contributed by atoms with Crippen LogP contribution in [-0.4, -0.2) is 16.9 Å². The molecule has 0 fully saturated rings. The van der Waals surface area contributed by atoms with Crippen LogP contribution < -0.4 is 11.1 Å². The van der Waals surface area contributed by atoms with Gasteiger partial charge in [-0.15, -0.1) is 0 Å². The molecule has 18 heavy (non-hydrogen) atoms. The number of carbonyl (C=O) groups excluding carboxylic acids is 1. The second-order valence-electron chi connectivity index (χ2n) is 4.67. The van der Waals surface area contributed by atoms with E-state index in [-0.39, 0.29) is 11.9 Å². The highest BCUT2D eigenvalue weighted by atomic mass is 32.1. The number of carbonyl (C=O) groups is 1. The molecule has 2 rings (SSSR count). The van der Waals surface area contributed by atoms with Crippen LogP contribution in [0.5, 0.6) is 0 Å². The fourth-order valence-electron chi connectivity index (χ4n) is 2.33. The summed E-state index contributed by atoms with van der Waals surface area (Å²) in [6, 6.07) is 5.70. The number of hydrogen-bond acceptors (Lipinski definition) is 2. The molecule has 1 amide bonds. The largest absolute Gasteiger partial charge is 0.392 e. The molecule has 1 aromatic carbocycles. The van der Waals surface area contributed by atoms with E-state index in [2.05, 4.69) is 11.4 Å². The van der Waals surface area contributed by atoms with Gasteiger partial charge in [-0.2, -0.15) is 0 Å². The third kappa shape index (κ3) is 2.70. The standard InChI is InChI=1S/C14H18N2OS/c1-2-12(13(15)18)16-14(17)11-7-6-9-4-3-5-10(9)8-11/h6-8,12H,2-5H2,1H3,(H2,15,18)(H,16,17). The lowest BCUT2D eigenvalue weighted by molar-refractivity contribution is 0.0946. The van der Waals surface area contributed by atoms with E-state index in [1.807, 2.05) is 19.1 Å². The Morgan fingerprint density at radius 2 is 2.17 bits per heavy atom. The molecule has 96 valence electrons. The van der Waals surface area contributed by atoms with Crippen molar-refractivity contribution in [3.05, 3.63) is 34.9 Å². The number of thiocarbonyl (C=S) groups is 1. The Kier molecular flexibility index (Phi) is 3.97. The summed E-state index contributed by atoms with van der Waals surface area (Å²) >= 11 is 4.93. The highest BCUT2D eigenvalue weighted by Crippen LogP contribution is 2.22. The van der Waals surface area contributed by atoms with Gasteiger partial charge in [0.1, 0.15) is 0 Å². The number of aryl methyl sites for hydroxylation is 2. The van der Waals surface area contributed by atoms with E-state index in [0.29, 0.717) is 17.0 Å². The van der Waals surface area contributed by atoms with E-state index in [1.54, 1.807) is 0 Å². The van der Waals surface area contributed by atoms with Crippen LogP contribution in [0, 0.1) is 0 Å². The van der Waals surface area contributed by atoms with Crippen molar-refractivity contribution in [3.8, 4) is 0 Å². The summed E-state index contributed by atoms with van der Waals surface area (Å²) in [5.41, 5.74) is 8.95. The van der Waals surface area contributed by atoms with E-state index >= 15 is 0 Å². The fraction of sp³-hybridized carbons (Fsp3) is 0.429. The molecule has 1 unspecified atom stereocenters. The van der Waals surface area contributed by atoms with Crippen LogP contribution in [0.25, 0.3) is 0 Å². The molecule has 0 aromatic heterocycles. The second kappa shape index (κ2) is 5.48. The monoisotopic (exact) mass is 262 g/mol. The van der Waals surface area contributed by atoms with Gasteiger partial charge in [-0.1, -0.05) is 25.2 Å². The third-order valence-corrected chi connectivity index (χ3v) is 3.70. The van der Waals surface area contributed by atoms with Crippen molar-refractivity contribution in [1.29, 1.82) is 0 Å². The summed E-state index contributed by atoms with van der Waals surface area (Å²) in [5.74, 6) is -0.0932. The minimum Gasteiger partial charge on any atom is -0.392 e. The Morgan fingerprint density at radius 1 is 1.44 bits per heavy atom. The van der Waals surface area contributed by atoms with E-state index in [4.69, 9.17) is 18.0 Å². The number of nitrogens with one attached hydrogen (secondary N) is 1. The molecule has 0 aliphatic heterocycles. The molecule has 3 nitrogen and oxygen atoms in total. The maximum Gasteiger partial charge on any atom is 0.251 e. The van der Waals surface area contributed by atoms with Crippen molar-refractivity contribution < 1.29 is 4.79 Å². The predicted molar refractivity (Wildman–Crippen MR) is 76.8 cm³/mol. The first-order valence-corrected chi connectivity index (χ1v) is 6.74. The summed E-state index contributed by atoms with van der Waals surface area (Å²) < 4.78 is 0. The maximum atomic E-state index is 12.1. The quantitative estimate of drug-likeness (QED) is 0.816. The van der Waals surface area contributed by atoms with Crippen molar-refractivity contribution in [2.45, 2.75) is 38.6 Å². The van der Waals surface area contributed by atoms with Crippen LogP contribution in [0.1, 0.15) is 41.3 Å². The summed E-state index contributed by atoms with van der Waals surface area (Å²) in [4.78, 5) is 12.4. The number of benzene rings is 1. The zero-order valence-electron chi connectivity index (χ0n) is 10.5. The SMILES string of the molecule is CCC(NC(=O)c1ccc2c(c1)CCC2)C(N)=S. The Labute approximate surface area is 113 Å². The molecule has 0 spiro atoms. The topological polar surface area (TPSA) is 55.1 Å². The predicted octanol–water partition coefficient (Wildman–Crippen LogP) is 1.97. The van der Waals surface area contributed by atoms with Gasteiger partial charge in [-0.3, -0.25) is 4.79 Å². The van der Waals surface area contributed by atoms with Gasteiger partial charge >= 0.3 is 0 Å². The number of rotatable bonds is 4. The van der Waals surface area contributed by atoms with Gasteiger partial charge in [-0.25, -0.2) is 0 Å². The van der Waals surface area contributed by atoms with E-state index in [0.717, 1.165) is 12.8 Å². The van der Waals surface area contributed by atoms with Crippen LogP contribution in [0.15, 0.2) is 18.2 Å². The molecule has 1 aliphatic rings. The molecule has 0 heterocycles. The lowest BCUT2D eigenvalue weighted by Crippen LogP contribution is -2.43. The van der Waals surface area contributed by atoms with Crippen LogP contribution >= 0.6 is 12.2 Å². The van der Waals surface area contributed by atoms with Gasteiger partial charge < -0.3 is 11.1 Å². The normalized spacial score (nSPS) is 14.9. The third-order valence-electron chi connectivity index (χ3n) is 3.42. The number of nitrogens with two attached hydrogens (primary N) is 1. The minimum absolute atomic E-state index is 0.0932. The molecule has 0 bridgehead atoms. The molecular weight excluding hydrogens is 244 g/mol. The lowest BCUT2D eigenvalue weighted by atomic mass is 10.1. The smallest absolute Gasteiger partial charge is 0.251 e. The molecule has 1 atom stereocenters. The summed E-state index contributed by atoms with van der Waals surface area (Å²) in [6.45, 7) is 1.95. The van der Waals surface area contributed by atoms with Gasteiger partial charge in [0.15, 0.2) is 0 Å². The van der Waals surface area contributed by atoms with Crippen LogP contribution in [0.2, 0.25) is 0 Å². The van der Waals surface area contributed by atoms with Crippen LogP contribution in [-0.2, 0) is 12.8 Å². The summed E-state index contributed by atoms with van der Waals surface area (Å²) in [6.07, 6.45) is 4.10. The molecule has 1 aliphatic carbocycles. The zero-order chi connectivity index (χ0) is 13.1. The van der Waals surface area contributed by atoms with E-state index < -0.39 is 0 Å². The Hall–Kier alpha value is -1.42. The maximum absolute atomic E-state index is 12.1. The number of fused-ring (bicyclic) bond motifs is 1. The first-order valence-electron chi connectivity index (χ1n) is 6.33. The number of amides is 1. The van der Waals surface area contributed by atoms with Crippen molar-refractivity contribution in [1.82, 2.24) is 5.32 Å². The second-order valence-corrected chi connectivity index (χ2v) is 5.15. The molecular formula is C14H18N2OS. The van der Waals surface area contributed by atoms with Gasteiger partial charge in [0.05, 0.1) is 11.0 Å². The molecule has 0 radical (unpaired) electrons. The average Bonchev–Trinajstić information content (AvgIpc) is 2.82. The van der Waals surface area contributed by atoms with E-state index in [9.17, 15) is 4.79 Å². The van der Waals surface area contributed by atoms with E-state index in [1.165, 1.54) is 17.5 Å².